The van der Waals surface area contributed by atoms with Gasteiger partial charge in [0.15, 0.2) is 0 Å². The van der Waals surface area contributed by atoms with Crippen molar-refractivity contribution in [3.8, 4) is 0 Å². The molecule has 3 nitrogen and oxygen atoms in total. The van der Waals surface area contributed by atoms with Gasteiger partial charge in [-0.3, -0.25) is 9.59 Å². The Morgan fingerprint density at radius 2 is 1.27 bits per heavy atom. The molecule has 0 rings (SSSR count). The van der Waals surface area contributed by atoms with Crippen LogP contribution in [0.2, 0.25) is 0 Å². The number of carbonyl (C=O) groups is 2. The van der Waals surface area contributed by atoms with Gasteiger partial charge in [-0.1, -0.05) is 72.1 Å². The summed E-state index contributed by atoms with van der Waals surface area (Å²) in [7, 11) is 0. The lowest BCUT2D eigenvalue weighted by Crippen LogP contribution is -2.37. The van der Waals surface area contributed by atoms with Crippen LogP contribution in [0.4, 0.5) is 0 Å². The molecule has 0 aliphatic rings. The Morgan fingerprint density at radius 3 is 1.68 bits per heavy atom. The third-order valence-corrected chi connectivity index (χ3v) is 4.82. The molecule has 0 aromatic heterocycles. The highest BCUT2D eigenvalue weighted by atomic mass is 35.5. The van der Waals surface area contributed by atoms with E-state index >= 15 is 0 Å². The van der Waals surface area contributed by atoms with Gasteiger partial charge in [-0.15, -0.1) is 0 Å². The summed E-state index contributed by atoms with van der Waals surface area (Å²) in [6, 6.07) is 0. The standard InChI is InChI=1S/C18H33ClO3/c1-4-7-8-9-10-11-12-13-14-15-22-17(21)18(5-2,6-3)16(19)20/h4-15H2,1-3H3. The van der Waals surface area contributed by atoms with Crippen molar-refractivity contribution in [1.82, 2.24) is 0 Å². The minimum atomic E-state index is -1.15. The summed E-state index contributed by atoms with van der Waals surface area (Å²) in [5.74, 6) is -0.461. The number of hydrogen-bond donors (Lipinski definition) is 0. The van der Waals surface area contributed by atoms with Gasteiger partial charge in [-0.05, 0) is 30.9 Å². The first kappa shape index (κ1) is 21.4. The van der Waals surface area contributed by atoms with Crippen LogP contribution < -0.4 is 0 Å². The van der Waals surface area contributed by atoms with Gasteiger partial charge in [0.05, 0.1) is 6.61 Å². The van der Waals surface area contributed by atoms with Crippen LogP contribution in [0.5, 0.6) is 0 Å². The quantitative estimate of drug-likeness (QED) is 0.179. The molecular formula is C18H33ClO3. The van der Waals surface area contributed by atoms with Crippen LogP contribution >= 0.6 is 11.6 Å². The lowest BCUT2D eigenvalue weighted by molar-refractivity contribution is -0.159. The van der Waals surface area contributed by atoms with E-state index in [0.717, 1.165) is 12.8 Å². The number of rotatable bonds is 14. The van der Waals surface area contributed by atoms with Crippen molar-refractivity contribution >= 4 is 22.8 Å². The topological polar surface area (TPSA) is 43.4 Å². The SMILES string of the molecule is CCCCCCCCCCCOC(=O)C(CC)(CC)C(=O)Cl. The first-order valence-electron chi connectivity index (χ1n) is 8.92. The van der Waals surface area contributed by atoms with Crippen molar-refractivity contribution in [2.75, 3.05) is 6.61 Å². The summed E-state index contributed by atoms with van der Waals surface area (Å²) in [5.41, 5.74) is -1.15. The van der Waals surface area contributed by atoms with Gasteiger partial charge in [0, 0.05) is 0 Å². The monoisotopic (exact) mass is 332 g/mol. The van der Waals surface area contributed by atoms with Gasteiger partial charge in [0.2, 0.25) is 5.24 Å². The van der Waals surface area contributed by atoms with E-state index in [2.05, 4.69) is 6.92 Å². The van der Waals surface area contributed by atoms with E-state index < -0.39 is 16.6 Å². The second-order valence-corrected chi connectivity index (χ2v) is 6.37. The Bertz CT molecular complexity index is 311. The first-order valence-corrected chi connectivity index (χ1v) is 9.30. The molecule has 0 amide bonds. The number of ether oxygens (including phenoxy) is 1. The number of halogens is 1. The van der Waals surface area contributed by atoms with Crippen LogP contribution in [-0.2, 0) is 14.3 Å². The van der Waals surface area contributed by atoms with Crippen molar-refractivity contribution < 1.29 is 14.3 Å². The molecule has 0 aromatic carbocycles. The lowest BCUT2D eigenvalue weighted by atomic mass is 9.84. The molecule has 130 valence electrons. The Balaban J connectivity index is 3.74. The number of esters is 1. The summed E-state index contributed by atoms with van der Waals surface area (Å²) in [6.45, 7) is 6.21. The second-order valence-electron chi connectivity index (χ2n) is 6.03. The highest BCUT2D eigenvalue weighted by Gasteiger charge is 2.43. The van der Waals surface area contributed by atoms with Crippen LogP contribution in [-0.4, -0.2) is 17.8 Å². The molecule has 0 saturated carbocycles. The van der Waals surface area contributed by atoms with E-state index in [0.29, 0.717) is 19.4 Å². The maximum Gasteiger partial charge on any atom is 0.320 e. The molecule has 0 heterocycles. The molecular weight excluding hydrogens is 300 g/mol. The van der Waals surface area contributed by atoms with Gasteiger partial charge in [0.25, 0.3) is 0 Å². The van der Waals surface area contributed by atoms with E-state index in [1.54, 1.807) is 13.8 Å². The zero-order valence-electron chi connectivity index (χ0n) is 14.6. The van der Waals surface area contributed by atoms with Crippen molar-refractivity contribution in [3.63, 3.8) is 0 Å². The van der Waals surface area contributed by atoms with Gasteiger partial charge in [0.1, 0.15) is 5.41 Å². The predicted molar refractivity (Wildman–Crippen MR) is 92.1 cm³/mol. The van der Waals surface area contributed by atoms with E-state index in [1.165, 1.54) is 44.9 Å². The maximum atomic E-state index is 12.1. The second kappa shape index (κ2) is 12.9. The van der Waals surface area contributed by atoms with Crippen LogP contribution in [0.3, 0.4) is 0 Å². The summed E-state index contributed by atoms with van der Waals surface area (Å²) in [4.78, 5) is 23.6. The Labute approximate surface area is 141 Å². The minimum Gasteiger partial charge on any atom is -0.465 e. The van der Waals surface area contributed by atoms with Crippen LogP contribution in [0.15, 0.2) is 0 Å². The molecule has 0 aliphatic carbocycles. The fourth-order valence-electron chi connectivity index (χ4n) is 2.61. The maximum absolute atomic E-state index is 12.1. The number of unbranched alkanes of at least 4 members (excludes halogenated alkanes) is 8. The van der Waals surface area contributed by atoms with Crippen LogP contribution in [0, 0.1) is 5.41 Å². The zero-order chi connectivity index (χ0) is 16.8. The minimum absolute atomic E-state index is 0.389. The predicted octanol–water partition coefficient (Wildman–Crippen LogP) is 5.63. The molecule has 0 unspecified atom stereocenters. The van der Waals surface area contributed by atoms with Crippen LogP contribution in [0.1, 0.15) is 91.4 Å². The fourth-order valence-corrected chi connectivity index (χ4v) is 2.96. The highest BCUT2D eigenvalue weighted by Crippen LogP contribution is 2.31. The number of hydrogen-bond acceptors (Lipinski definition) is 3. The summed E-state index contributed by atoms with van der Waals surface area (Å²) in [6.07, 6.45) is 11.8. The van der Waals surface area contributed by atoms with Crippen molar-refractivity contribution in [1.29, 1.82) is 0 Å². The van der Waals surface area contributed by atoms with Gasteiger partial charge >= 0.3 is 5.97 Å². The largest absolute Gasteiger partial charge is 0.465 e. The fraction of sp³-hybridized carbons (Fsp3) is 0.889. The van der Waals surface area contributed by atoms with Gasteiger partial charge < -0.3 is 4.74 Å². The normalized spacial score (nSPS) is 11.5. The summed E-state index contributed by atoms with van der Waals surface area (Å²) in [5, 5.41) is -0.602. The molecule has 0 bridgehead atoms. The molecule has 0 spiro atoms. The third-order valence-electron chi connectivity index (χ3n) is 4.46. The van der Waals surface area contributed by atoms with Crippen molar-refractivity contribution in [2.24, 2.45) is 5.41 Å². The molecule has 0 fully saturated rings. The molecule has 0 aliphatic heterocycles. The molecule has 0 N–H and O–H groups in total. The van der Waals surface area contributed by atoms with E-state index in [4.69, 9.17) is 16.3 Å². The average Bonchev–Trinajstić information content (AvgIpc) is 2.50. The summed E-state index contributed by atoms with van der Waals surface area (Å²) < 4.78 is 5.27. The highest BCUT2D eigenvalue weighted by molar-refractivity contribution is 6.66. The summed E-state index contributed by atoms with van der Waals surface area (Å²) >= 11 is 5.59. The van der Waals surface area contributed by atoms with E-state index in [9.17, 15) is 9.59 Å². The molecule has 22 heavy (non-hydrogen) atoms. The average molecular weight is 333 g/mol. The third kappa shape index (κ3) is 7.62. The molecule has 0 saturated heterocycles. The molecule has 0 radical (unpaired) electrons. The van der Waals surface area contributed by atoms with Crippen LogP contribution in [0.25, 0.3) is 0 Å². The molecule has 0 atom stereocenters. The Kier molecular flexibility index (Phi) is 12.6. The number of carbonyl (C=O) groups excluding carboxylic acids is 2. The van der Waals surface area contributed by atoms with Crippen molar-refractivity contribution in [2.45, 2.75) is 91.4 Å². The van der Waals surface area contributed by atoms with E-state index in [-0.39, 0.29) is 0 Å². The lowest BCUT2D eigenvalue weighted by Gasteiger charge is -2.24. The molecule has 0 aromatic rings. The van der Waals surface area contributed by atoms with E-state index in [1.807, 2.05) is 0 Å². The molecule has 4 heteroatoms. The Morgan fingerprint density at radius 1 is 0.818 bits per heavy atom. The first-order chi connectivity index (χ1) is 10.5. The van der Waals surface area contributed by atoms with Crippen molar-refractivity contribution in [3.05, 3.63) is 0 Å². The smallest absolute Gasteiger partial charge is 0.320 e. The van der Waals surface area contributed by atoms with Gasteiger partial charge in [-0.2, -0.15) is 0 Å². The Hall–Kier alpha value is -0.570. The zero-order valence-corrected chi connectivity index (χ0v) is 15.3. The van der Waals surface area contributed by atoms with Gasteiger partial charge in [-0.25, -0.2) is 0 Å².